The van der Waals surface area contributed by atoms with Crippen LogP contribution in [-0.2, 0) is 4.79 Å². The second kappa shape index (κ2) is 8.22. The number of nitrogens with zero attached hydrogens (tertiary/aromatic N) is 2. The number of hydrogen-bond acceptors (Lipinski definition) is 5. The van der Waals surface area contributed by atoms with Gasteiger partial charge in [-0.25, -0.2) is 8.78 Å². The summed E-state index contributed by atoms with van der Waals surface area (Å²) in [6.45, 7) is 1.79. The molecule has 27 heavy (non-hydrogen) atoms. The minimum atomic E-state index is -0.967. The molecule has 0 spiro atoms. The molecule has 0 saturated carbocycles. The Morgan fingerprint density at radius 1 is 0.963 bits per heavy atom. The summed E-state index contributed by atoms with van der Waals surface area (Å²) in [5, 5.41) is 13.1. The largest absolute Gasteiger partial charge is 0.484 e. The molecule has 0 fully saturated rings. The summed E-state index contributed by atoms with van der Waals surface area (Å²) in [6.07, 6.45) is 0. The summed E-state index contributed by atoms with van der Waals surface area (Å²) in [6, 6.07) is 13.8. The van der Waals surface area contributed by atoms with Crippen molar-refractivity contribution < 1.29 is 18.3 Å². The quantitative estimate of drug-likeness (QED) is 0.690. The first kappa shape index (κ1) is 18.2. The van der Waals surface area contributed by atoms with Gasteiger partial charge in [-0.3, -0.25) is 4.79 Å². The van der Waals surface area contributed by atoms with Gasteiger partial charge in [0.1, 0.15) is 5.75 Å². The number of carbonyl (C=O) groups is 1. The predicted molar refractivity (Wildman–Crippen MR) is 97.0 cm³/mol. The number of benzene rings is 2. The van der Waals surface area contributed by atoms with Gasteiger partial charge in [-0.1, -0.05) is 17.7 Å². The maximum Gasteiger partial charge on any atom is 0.263 e. The maximum absolute atomic E-state index is 13.2. The molecule has 1 aromatic heterocycles. The van der Waals surface area contributed by atoms with Crippen LogP contribution >= 0.6 is 0 Å². The number of aryl methyl sites for hydroxylation is 1. The van der Waals surface area contributed by atoms with E-state index in [-0.39, 0.29) is 18.3 Å². The predicted octanol–water partition coefficient (Wildman–Crippen LogP) is 3.82. The molecule has 0 aliphatic carbocycles. The number of aromatic nitrogens is 2. The van der Waals surface area contributed by atoms with E-state index in [1.54, 1.807) is 18.2 Å². The van der Waals surface area contributed by atoms with Crippen molar-refractivity contribution in [2.45, 2.75) is 6.92 Å². The van der Waals surface area contributed by atoms with Gasteiger partial charge >= 0.3 is 0 Å². The van der Waals surface area contributed by atoms with E-state index in [1.807, 2.05) is 19.1 Å². The second-order valence-corrected chi connectivity index (χ2v) is 5.71. The van der Waals surface area contributed by atoms with Crippen LogP contribution in [0.3, 0.4) is 0 Å². The molecule has 1 amide bonds. The normalized spacial score (nSPS) is 10.3. The summed E-state index contributed by atoms with van der Waals surface area (Å²) >= 11 is 0. The number of halogens is 2. The number of hydrogen-bond donors (Lipinski definition) is 2. The lowest BCUT2D eigenvalue weighted by molar-refractivity contribution is -0.118. The van der Waals surface area contributed by atoms with Crippen molar-refractivity contribution in [3.63, 3.8) is 0 Å². The molecule has 8 heteroatoms. The van der Waals surface area contributed by atoms with Crippen molar-refractivity contribution in [2.24, 2.45) is 0 Å². The summed E-state index contributed by atoms with van der Waals surface area (Å²) in [5.41, 5.74) is 1.42. The second-order valence-electron chi connectivity index (χ2n) is 5.71. The van der Waals surface area contributed by atoms with Crippen LogP contribution in [-0.4, -0.2) is 22.7 Å². The minimum absolute atomic E-state index is 0.167. The molecule has 0 saturated heterocycles. The van der Waals surface area contributed by atoms with Crippen LogP contribution in [0.4, 0.5) is 26.1 Å². The van der Waals surface area contributed by atoms with Gasteiger partial charge < -0.3 is 15.4 Å². The van der Waals surface area contributed by atoms with Crippen LogP contribution < -0.4 is 15.4 Å². The molecule has 3 rings (SSSR count). The standard InChI is InChI=1S/C19H16F2N4O2/c1-12-2-5-14(6-3-12)27-11-19(26)23-18-9-8-17(24-25-18)22-13-4-7-15(20)16(21)10-13/h2-10H,11H2,1H3,(H,22,24)(H,23,25,26). The van der Waals surface area contributed by atoms with Crippen molar-refractivity contribution in [3.8, 4) is 5.75 Å². The lowest BCUT2D eigenvalue weighted by Gasteiger charge is -2.08. The Morgan fingerprint density at radius 3 is 2.33 bits per heavy atom. The lowest BCUT2D eigenvalue weighted by atomic mass is 10.2. The molecule has 138 valence electrons. The average Bonchev–Trinajstić information content (AvgIpc) is 2.66. The number of carbonyl (C=O) groups excluding carboxylic acids is 1. The fourth-order valence-electron chi connectivity index (χ4n) is 2.15. The number of anilines is 3. The highest BCUT2D eigenvalue weighted by Gasteiger charge is 2.07. The zero-order chi connectivity index (χ0) is 19.2. The van der Waals surface area contributed by atoms with E-state index in [0.29, 0.717) is 17.3 Å². The third kappa shape index (κ3) is 5.21. The number of nitrogens with one attached hydrogen (secondary N) is 2. The summed E-state index contributed by atoms with van der Waals surface area (Å²) < 4.78 is 31.5. The first-order chi connectivity index (χ1) is 13.0. The molecule has 1 heterocycles. The first-order valence-corrected chi connectivity index (χ1v) is 8.05. The molecule has 3 aromatic rings. The van der Waals surface area contributed by atoms with Crippen molar-refractivity contribution in [1.82, 2.24) is 10.2 Å². The van der Waals surface area contributed by atoms with Gasteiger partial charge in [0.05, 0.1) is 0 Å². The smallest absolute Gasteiger partial charge is 0.263 e. The Hall–Kier alpha value is -3.55. The first-order valence-electron chi connectivity index (χ1n) is 8.05. The lowest BCUT2D eigenvalue weighted by Crippen LogP contribution is -2.21. The van der Waals surface area contributed by atoms with Gasteiger partial charge in [0.15, 0.2) is 29.9 Å². The van der Waals surface area contributed by atoms with E-state index in [9.17, 15) is 13.6 Å². The fourth-order valence-corrected chi connectivity index (χ4v) is 2.15. The zero-order valence-corrected chi connectivity index (χ0v) is 14.4. The van der Waals surface area contributed by atoms with E-state index in [0.717, 1.165) is 17.7 Å². The molecular weight excluding hydrogens is 354 g/mol. The van der Waals surface area contributed by atoms with E-state index in [2.05, 4.69) is 20.8 Å². The number of ether oxygens (including phenoxy) is 1. The topological polar surface area (TPSA) is 76.1 Å². The summed E-state index contributed by atoms with van der Waals surface area (Å²) in [7, 11) is 0. The van der Waals surface area contributed by atoms with E-state index < -0.39 is 11.6 Å². The molecule has 2 N–H and O–H groups in total. The Kier molecular flexibility index (Phi) is 5.55. The van der Waals surface area contributed by atoms with Gasteiger partial charge in [0.25, 0.3) is 5.91 Å². The highest BCUT2D eigenvalue weighted by atomic mass is 19.2. The van der Waals surface area contributed by atoms with Crippen molar-refractivity contribution in [1.29, 1.82) is 0 Å². The Labute approximate surface area is 154 Å². The molecule has 0 bridgehead atoms. The van der Waals surface area contributed by atoms with Gasteiger partial charge in [0.2, 0.25) is 0 Å². The van der Waals surface area contributed by atoms with Gasteiger partial charge in [-0.05, 0) is 43.3 Å². The Bertz CT molecular complexity index is 931. The van der Waals surface area contributed by atoms with Crippen LogP contribution in [0, 0.1) is 18.6 Å². The molecule has 0 unspecified atom stereocenters. The summed E-state index contributed by atoms with van der Waals surface area (Å²) in [4.78, 5) is 11.9. The summed E-state index contributed by atoms with van der Waals surface area (Å²) in [5.74, 6) is -1.14. The average molecular weight is 370 g/mol. The van der Waals surface area contributed by atoms with Crippen molar-refractivity contribution in [2.75, 3.05) is 17.2 Å². The van der Waals surface area contributed by atoms with E-state index >= 15 is 0 Å². The van der Waals surface area contributed by atoms with Crippen LogP contribution in [0.25, 0.3) is 0 Å². The fraction of sp³-hybridized carbons (Fsp3) is 0.105. The Balaban J connectivity index is 1.52. The van der Waals surface area contributed by atoms with Crippen LogP contribution in [0.1, 0.15) is 5.56 Å². The van der Waals surface area contributed by atoms with Crippen LogP contribution in [0.15, 0.2) is 54.6 Å². The van der Waals surface area contributed by atoms with E-state index in [4.69, 9.17) is 4.74 Å². The number of rotatable bonds is 6. The van der Waals surface area contributed by atoms with Crippen molar-refractivity contribution >= 4 is 23.2 Å². The molecular formula is C19H16F2N4O2. The van der Waals surface area contributed by atoms with E-state index in [1.165, 1.54) is 12.1 Å². The maximum atomic E-state index is 13.2. The highest BCUT2D eigenvalue weighted by Crippen LogP contribution is 2.18. The molecule has 6 nitrogen and oxygen atoms in total. The molecule has 0 radical (unpaired) electrons. The van der Waals surface area contributed by atoms with Gasteiger partial charge in [-0.15, -0.1) is 10.2 Å². The minimum Gasteiger partial charge on any atom is -0.484 e. The van der Waals surface area contributed by atoms with Gasteiger partial charge in [-0.2, -0.15) is 0 Å². The Morgan fingerprint density at radius 2 is 1.67 bits per heavy atom. The third-order valence-electron chi connectivity index (χ3n) is 3.51. The molecule has 0 atom stereocenters. The molecule has 0 aliphatic rings. The monoisotopic (exact) mass is 370 g/mol. The van der Waals surface area contributed by atoms with Gasteiger partial charge in [0, 0.05) is 11.8 Å². The van der Waals surface area contributed by atoms with Crippen LogP contribution in [0.5, 0.6) is 5.75 Å². The molecule has 0 aliphatic heterocycles. The molecule has 2 aromatic carbocycles. The SMILES string of the molecule is Cc1ccc(OCC(=O)Nc2ccc(Nc3ccc(F)c(F)c3)nn2)cc1. The van der Waals surface area contributed by atoms with Crippen molar-refractivity contribution in [3.05, 3.63) is 71.8 Å². The third-order valence-corrected chi connectivity index (χ3v) is 3.51. The highest BCUT2D eigenvalue weighted by molar-refractivity contribution is 5.90. The number of amides is 1. The van der Waals surface area contributed by atoms with Crippen LogP contribution in [0.2, 0.25) is 0 Å². The zero-order valence-electron chi connectivity index (χ0n) is 14.4.